The van der Waals surface area contributed by atoms with Gasteiger partial charge in [0.1, 0.15) is 0 Å². The minimum absolute atomic E-state index is 0.175. The Morgan fingerprint density at radius 1 is 0.409 bits per heavy atom. The topological polar surface area (TPSA) is 112 Å². The molecule has 0 atom stereocenters. The summed E-state index contributed by atoms with van der Waals surface area (Å²) < 4.78 is 0.867. The highest BCUT2D eigenvalue weighted by atomic mass is 16.4. The highest BCUT2D eigenvalue weighted by Gasteiger charge is 2.26. The van der Waals surface area contributed by atoms with Crippen LogP contribution in [-0.2, 0) is 14.4 Å². The number of hydrogen-bond donors (Lipinski definition) is 3. The van der Waals surface area contributed by atoms with Crippen LogP contribution in [0.1, 0.15) is 180 Å². The second-order valence-corrected chi connectivity index (χ2v) is 13.1. The van der Waals surface area contributed by atoms with Crippen molar-refractivity contribution in [3.63, 3.8) is 0 Å². The Bertz CT molecular complexity index is 668. The maximum atomic E-state index is 11.0. The Morgan fingerprint density at radius 3 is 1.00 bits per heavy atom. The summed E-state index contributed by atoms with van der Waals surface area (Å²) in [7, 11) is 0. The SMILES string of the molecule is CCCCCCCCC/C=C/CCCCCCCCCCC[N+](CCCCC(=O)O)(CCCCC(=O)O)CCCCC(=O)O. The van der Waals surface area contributed by atoms with Crippen LogP contribution in [0, 0.1) is 0 Å². The molecule has 7 heteroatoms. The fourth-order valence-corrected chi connectivity index (χ4v) is 6.24. The van der Waals surface area contributed by atoms with Crippen LogP contribution in [0.3, 0.4) is 0 Å². The normalized spacial score (nSPS) is 11.8. The van der Waals surface area contributed by atoms with E-state index >= 15 is 0 Å². The van der Waals surface area contributed by atoms with Crippen molar-refractivity contribution in [1.82, 2.24) is 0 Å². The fourth-order valence-electron chi connectivity index (χ4n) is 6.24. The minimum atomic E-state index is -0.767. The van der Waals surface area contributed by atoms with Gasteiger partial charge in [0.25, 0.3) is 0 Å². The van der Waals surface area contributed by atoms with E-state index in [-0.39, 0.29) is 19.3 Å². The average Bonchev–Trinajstić information content (AvgIpc) is 2.98. The Balaban J connectivity index is 4.26. The standard InChI is InChI=1S/C37H69NO6/c1-2-3-4-5-6-7-8-9-10-11-12-13-14-15-16-17-18-19-20-24-31-38(32-25-21-28-35(39)40,33-26-22-29-36(41)42)34-27-23-30-37(43)44/h10-11H,2-9,12-34H2,1H3,(H2-,39,40,41,42,43,44)/p+1/b11-10+. The second-order valence-electron chi connectivity index (χ2n) is 13.1. The lowest BCUT2D eigenvalue weighted by atomic mass is 10.0. The summed E-state index contributed by atoms with van der Waals surface area (Å²) in [6, 6.07) is 0. The van der Waals surface area contributed by atoms with Crippen molar-refractivity contribution in [3.05, 3.63) is 12.2 Å². The molecule has 0 aliphatic rings. The molecular weight excluding hydrogens is 554 g/mol. The van der Waals surface area contributed by atoms with E-state index in [2.05, 4.69) is 19.1 Å². The first kappa shape index (κ1) is 42.1. The van der Waals surface area contributed by atoms with E-state index in [0.29, 0.717) is 19.3 Å². The Kier molecular flexibility index (Phi) is 29.8. The molecule has 0 amide bonds. The molecule has 0 aliphatic carbocycles. The minimum Gasteiger partial charge on any atom is -0.481 e. The molecule has 0 fully saturated rings. The van der Waals surface area contributed by atoms with Crippen LogP contribution in [0.15, 0.2) is 12.2 Å². The van der Waals surface area contributed by atoms with Gasteiger partial charge in [-0.15, -0.1) is 0 Å². The van der Waals surface area contributed by atoms with Crippen LogP contribution in [-0.4, -0.2) is 63.9 Å². The van der Waals surface area contributed by atoms with Gasteiger partial charge in [0.05, 0.1) is 26.2 Å². The molecule has 0 aliphatic heterocycles. The van der Waals surface area contributed by atoms with Crippen molar-refractivity contribution in [2.45, 2.75) is 180 Å². The monoisotopic (exact) mass is 625 g/mol. The first-order chi connectivity index (χ1) is 21.3. The van der Waals surface area contributed by atoms with Gasteiger partial charge in [-0.1, -0.05) is 96.1 Å². The van der Waals surface area contributed by atoms with Gasteiger partial charge in [0.2, 0.25) is 0 Å². The van der Waals surface area contributed by atoms with Gasteiger partial charge >= 0.3 is 17.9 Å². The van der Waals surface area contributed by atoms with E-state index in [1.54, 1.807) is 0 Å². The molecule has 0 spiro atoms. The molecule has 0 heterocycles. The summed E-state index contributed by atoms with van der Waals surface area (Å²) >= 11 is 0. The maximum Gasteiger partial charge on any atom is 0.303 e. The number of allylic oxidation sites excluding steroid dienone is 2. The molecule has 0 aromatic carbocycles. The van der Waals surface area contributed by atoms with Crippen LogP contribution in [0.4, 0.5) is 0 Å². The van der Waals surface area contributed by atoms with E-state index in [9.17, 15) is 14.4 Å². The molecule has 0 bridgehead atoms. The van der Waals surface area contributed by atoms with Crippen LogP contribution in [0.25, 0.3) is 0 Å². The average molecular weight is 625 g/mol. The van der Waals surface area contributed by atoms with Crippen molar-refractivity contribution in [2.24, 2.45) is 0 Å². The number of unbranched alkanes of at least 4 members (excludes halogenated alkanes) is 19. The lowest BCUT2D eigenvalue weighted by Gasteiger charge is -2.39. The third kappa shape index (κ3) is 30.1. The second kappa shape index (κ2) is 31.1. The molecule has 0 rings (SSSR count). The summed E-state index contributed by atoms with van der Waals surface area (Å²) in [5.74, 6) is -2.30. The first-order valence-electron chi connectivity index (χ1n) is 18.5. The van der Waals surface area contributed by atoms with Gasteiger partial charge in [-0.3, -0.25) is 14.4 Å². The lowest BCUT2D eigenvalue weighted by molar-refractivity contribution is -0.929. The number of carboxylic acids is 3. The van der Waals surface area contributed by atoms with Gasteiger partial charge in [-0.05, 0) is 77.0 Å². The number of nitrogens with zero attached hydrogens (tertiary/aromatic N) is 1. The molecule has 0 saturated carbocycles. The molecule has 44 heavy (non-hydrogen) atoms. The zero-order valence-electron chi connectivity index (χ0n) is 28.6. The zero-order chi connectivity index (χ0) is 32.6. The van der Waals surface area contributed by atoms with Crippen molar-refractivity contribution in [1.29, 1.82) is 0 Å². The highest BCUT2D eigenvalue weighted by Crippen LogP contribution is 2.20. The summed E-state index contributed by atoms with van der Waals surface area (Å²) in [4.78, 5) is 33.1. The van der Waals surface area contributed by atoms with E-state index in [1.807, 2.05) is 0 Å². The van der Waals surface area contributed by atoms with Crippen molar-refractivity contribution in [3.8, 4) is 0 Å². The molecular formula is C37H70NO6+. The molecule has 258 valence electrons. The molecule has 7 nitrogen and oxygen atoms in total. The Morgan fingerprint density at radius 2 is 0.682 bits per heavy atom. The van der Waals surface area contributed by atoms with E-state index in [1.165, 1.54) is 109 Å². The lowest BCUT2D eigenvalue weighted by Crippen LogP contribution is -2.51. The van der Waals surface area contributed by atoms with Crippen molar-refractivity contribution >= 4 is 17.9 Å². The third-order valence-electron chi connectivity index (χ3n) is 8.96. The quantitative estimate of drug-likeness (QED) is 0.0367. The number of rotatable bonds is 35. The van der Waals surface area contributed by atoms with E-state index in [4.69, 9.17) is 15.3 Å². The smallest absolute Gasteiger partial charge is 0.303 e. The fraction of sp³-hybridized carbons (Fsp3) is 0.865. The summed E-state index contributed by atoms with van der Waals surface area (Å²) in [5, 5.41) is 27.2. The summed E-state index contributed by atoms with van der Waals surface area (Å²) in [6.45, 7) is 5.96. The molecule has 0 unspecified atom stereocenters. The predicted molar refractivity (Wildman–Crippen MR) is 182 cm³/mol. The van der Waals surface area contributed by atoms with Gasteiger partial charge in [-0.25, -0.2) is 0 Å². The number of aliphatic carboxylic acids is 3. The van der Waals surface area contributed by atoms with E-state index < -0.39 is 17.9 Å². The summed E-state index contributed by atoms with van der Waals surface area (Å²) in [5.41, 5.74) is 0. The van der Waals surface area contributed by atoms with Crippen LogP contribution < -0.4 is 0 Å². The zero-order valence-corrected chi connectivity index (χ0v) is 28.6. The van der Waals surface area contributed by atoms with Crippen molar-refractivity contribution in [2.75, 3.05) is 26.2 Å². The molecule has 0 radical (unpaired) electrons. The maximum absolute atomic E-state index is 11.0. The predicted octanol–water partition coefficient (Wildman–Crippen LogP) is 10.2. The molecule has 0 aromatic rings. The highest BCUT2D eigenvalue weighted by molar-refractivity contribution is 5.67. The van der Waals surface area contributed by atoms with Gasteiger partial charge < -0.3 is 19.8 Å². The largest absolute Gasteiger partial charge is 0.481 e. The third-order valence-corrected chi connectivity index (χ3v) is 8.96. The van der Waals surface area contributed by atoms with Gasteiger partial charge in [0, 0.05) is 19.3 Å². The van der Waals surface area contributed by atoms with Crippen molar-refractivity contribution < 1.29 is 34.2 Å². The number of carboxylic acid groups (broad SMARTS) is 3. The molecule has 0 aromatic heterocycles. The molecule has 0 saturated heterocycles. The van der Waals surface area contributed by atoms with Gasteiger partial charge in [-0.2, -0.15) is 0 Å². The van der Waals surface area contributed by atoms with Crippen LogP contribution in [0.5, 0.6) is 0 Å². The van der Waals surface area contributed by atoms with Gasteiger partial charge in [0.15, 0.2) is 0 Å². The summed E-state index contributed by atoms with van der Waals surface area (Å²) in [6.07, 6.45) is 33.2. The molecule has 3 N–H and O–H groups in total. The number of carbonyl (C=O) groups is 3. The Labute approximate surface area is 270 Å². The number of hydrogen-bond acceptors (Lipinski definition) is 3. The Hall–Kier alpha value is -1.89. The van der Waals surface area contributed by atoms with Crippen LogP contribution >= 0.6 is 0 Å². The first-order valence-corrected chi connectivity index (χ1v) is 18.5. The number of quaternary nitrogens is 1. The van der Waals surface area contributed by atoms with Crippen LogP contribution in [0.2, 0.25) is 0 Å². The van der Waals surface area contributed by atoms with E-state index in [0.717, 1.165) is 56.3 Å².